The lowest BCUT2D eigenvalue weighted by molar-refractivity contribution is -0.399. The molecule has 36 atom stereocenters. The second kappa shape index (κ2) is 51.3. The van der Waals surface area contributed by atoms with Crippen LogP contribution in [0.25, 0.3) is 22.4 Å². The van der Waals surface area contributed by atoms with Gasteiger partial charge in [0.25, 0.3) is 21.9 Å². The number of aliphatic hydroxyl groups is 20. The summed E-state index contributed by atoms with van der Waals surface area (Å²) in [5.74, 6) is -1.28. The summed E-state index contributed by atoms with van der Waals surface area (Å²) in [5, 5.41) is 245. The van der Waals surface area contributed by atoms with Crippen molar-refractivity contribution in [1.29, 1.82) is 0 Å². The Morgan fingerprint density at radius 3 is 1.37 bits per heavy atom. The maximum atomic E-state index is 15.0. The van der Waals surface area contributed by atoms with Crippen LogP contribution in [0, 0.1) is 5.41 Å². The Morgan fingerprint density at radius 2 is 0.924 bits per heavy atom. The third-order valence-electron chi connectivity index (χ3n) is 26.1. The van der Waals surface area contributed by atoms with Crippen LogP contribution in [0.2, 0.25) is 0 Å². The van der Waals surface area contributed by atoms with E-state index >= 15 is 4.79 Å². The number of hydrazone groups is 2. The summed E-state index contributed by atoms with van der Waals surface area (Å²) >= 11 is 0. The molecular formula is C91H127N11O42S. The predicted molar refractivity (Wildman–Crippen MR) is 488 cm³/mol. The number of rotatable bonds is 35. The fraction of sp³-hybridized carbons (Fsp3) is 0.637. The van der Waals surface area contributed by atoms with Crippen LogP contribution in [0.4, 0.5) is 5.82 Å². The Bertz CT molecular complexity index is 5060. The standard InChI is InChI=1S/C91H127N11O42S/c1-91(2,27-13-16-30-129-59-32-46(42-17-5-3-6-18-42)31-48(95-59)43-19-7-4-8-20-43)90-98-101-102(99-90)29-15-12-24-58(110)92-28-14-11-22-47(96-81(124)45-25-26-57(93-33-45)97-94-34-44-21-9-10-23-56(44)145(126,127)128)82(125)100-144-80-72(123)89-136-55(41-109)79(80)143-88-71(122)65(116)77(53(39-107)135-88)141-86-69(120)63(114)75(51(37-105)133-86)139-84-67(118)61(112)73(49(35-103)131-84)137-83-66(117)60(111)74(50(36-104)130-83)138-85-68(119)62(113)76(52(38-106)132-85)140-87-70(121)64(115)78(142-89)54(40-108)134-87/h3-10,17-21,23,25-26,31-34,47,49-55,60-80,83-89,101,103-109,111-123H,11-16,22,24,27-30,35-41H2,1-2H3,(H,92,110)(H,93,97)(H,96,124)(H,98,99)(H,100,125)(H,126,127,128)/b94-34+/t47?,49-,50-,51-,52-,53-,54-,55-,60-,61-,62-,63-,64-,65-,66-,67-,68-,69-,70-,71-,72-,73-,74-,75-,76-,77-,78-,79-,80-,83-,84-,85-,86-,87-,88-,89-/m1/s1. The highest BCUT2D eigenvalue weighted by Gasteiger charge is 2.61. The molecule has 53 nitrogen and oxygen atoms in total. The number of amidine groups is 1. The van der Waals surface area contributed by atoms with Crippen LogP contribution in [0.3, 0.4) is 0 Å². The third kappa shape index (κ3) is 27.1. The van der Waals surface area contributed by atoms with E-state index in [1.807, 2.05) is 72.8 Å². The normalized spacial score (nSPS) is 35.7. The maximum Gasteiger partial charge on any atom is 0.295 e. The van der Waals surface area contributed by atoms with Gasteiger partial charge in [0.05, 0.1) is 70.3 Å². The Morgan fingerprint density at radius 1 is 0.490 bits per heavy atom. The summed E-state index contributed by atoms with van der Waals surface area (Å²) in [5.41, 5.74) is 14.3. The fourth-order valence-corrected chi connectivity index (χ4v) is 18.6. The van der Waals surface area contributed by atoms with Gasteiger partial charge in [-0.1, -0.05) is 92.7 Å². The quantitative estimate of drug-likeness (QED) is 0.00775. The van der Waals surface area contributed by atoms with Crippen molar-refractivity contribution < 1.29 is 205 Å². The van der Waals surface area contributed by atoms with E-state index in [0.29, 0.717) is 31.9 Å². The number of hydrogen-bond donors (Lipinski definition) is 27. The highest BCUT2D eigenvalue weighted by molar-refractivity contribution is 7.86. The number of hydrazine groups is 2. The number of nitrogens with zero attached hydrogens (tertiary/aromatic N) is 5. The van der Waals surface area contributed by atoms with Crippen LogP contribution in [0.5, 0.6) is 5.88 Å². The number of anilines is 1. The summed E-state index contributed by atoms with van der Waals surface area (Å²) < 4.78 is 123. The molecule has 21 saturated heterocycles. The lowest BCUT2D eigenvalue weighted by Crippen LogP contribution is -2.69. The zero-order valence-electron chi connectivity index (χ0n) is 78.4. The summed E-state index contributed by atoms with van der Waals surface area (Å²) in [4.78, 5) is 57.4. The number of aliphatic hydroxyl groups excluding tert-OH is 20. The van der Waals surface area contributed by atoms with E-state index in [2.05, 4.69) is 61.5 Å². The number of benzene rings is 3. The molecule has 1 unspecified atom stereocenters. The maximum absolute atomic E-state index is 15.0. The molecule has 804 valence electrons. The average Bonchev–Trinajstić information content (AvgIpc) is 1.37. The number of hydrogen-bond acceptors (Lipinski definition) is 49. The van der Waals surface area contributed by atoms with Crippen LogP contribution in [-0.2, 0) is 90.9 Å². The van der Waals surface area contributed by atoms with E-state index in [1.54, 1.807) is 5.12 Å². The number of carbonyl (C=O) groups excluding carboxylic acids is 3. The Balaban J connectivity index is 0.661. The topological polar surface area (TPSA) is 784 Å². The van der Waals surface area contributed by atoms with Gasteiger partial charge in [-0.3, -0.25) is 34.6 Å². The van der Waals surface area contributed by atoms with E-state index in [1.165, 1.54) is 30.3 Å². The van der Waals surface area contributed by atoms with Crippen molar-refractivity contribution in [2.75, 3.05) is 71.4 Å². The molecule has 0 saturated carbocycles. The van der Waals surface area contributed by atoms with Crippen molar-refractivity contribution in [1.82, 2.24) is 42.2 Å². The second-order valence-electron chi connectivity index (χ2n) is 36.7. The smallest absolute Gasteiger partial charge is 0.295 e. The summed E-state index contributed by atoms with van der Waals surface area (Å²) in [6.45, 7) is -3.04. The molecule has 21 fully saturated rings. The minimum Gasteiger partial charge on any atom is -0.478 e. The molecule has 3 amide bonds. The first-order valence-electron chi connectivity index (χ1n) is 47.3. The first kappa shape index (κ1) is 112. The van der Waals surface area contributed by atoms with E-state index in [9.17, 15) is 125 Å². The molecule has 22 aliphatic heterocycles. The number of aromatic nitrogens is 2. The van der Waals surface area contributed by atoms with E-state index in [0.717, 1.165) is 66.0 Å². The number of pyridine rings is 2. The van der Waals surface area contributed by atoms with Gasteiger partial charge in [-0.05, 0) is 86.8 Å². The average molecular weight is 2080 g/mol. The zero-order chi connectivity index (χ0) is 104. The fourth-order valence-electron chi connectivity index (χ4n) is 18.0. The third-order valence-corrected chi connectivity index (χ3v) is 27.1. The minimum atomic E-state index is -4.68. The van der Waals surface area contributed by atoms with Crippen molar-refractivity contribution in [3.63, 3.8) is 0 Å². The molecule has 2 aromatic heterocycles. The van der Waals surface area contributed by atoms with Crippen LogP contribution in [-0.4, -0.2) is 447 Å². The van der Waals surface area contributed by atoms with Crippen molar-refractivity contribution >= 4 is 45.7 Å². The summed E-state index contributed by atoms with van der Waals surface area (Å²) in [6, 6.07) is 30.1. The van der Waals surface area contributed by atoms with Gasteiger partial charge in [-0.2, -0.15) is 13.5 Å². The van der Waals surface area contributed by atoms with Gasteiger partial charge in [0, 0.05) is 48.3 Å². The van der Waals surface area contributed by atoms with Crippen molar-refractivity contribution in [2.45, 2.75) is 298 Å². The second-order valence-corrected chi connectivity index (χ2v) is 38.1. The van der Waals surface area contributed by atoms with E-state index < -0.39 is 294 Å². The molecule has 0 aliphatic carbocycles. The first-order chi connectivity index (χ1) is 69.6. The molecule has 14 bridgehead atoms. The van der Waals surface area contributed by atoms with Crippen LogP contribution in [0.1, 0.15) is 87.6 Å². The zero-order valence-corrected chi connectivity index (χ0v) is 79.2. The molecular weight excluding hydrogens is 1950 g/mol. The van der Waals surface area contributed by atoms with Gasteiger partial charge in [-0.15, -0.1) is 10.2 Å². The van der Waals surface area contributed by atoms with Crippen molar-refractivity contribution in [2.24, 2.45) is 15.6 Å². The van der Waals surface area contributed by atoms with Gasteiger partial charge in [0.1, 0.15) is 194 Å². The number of ether oxygens (including phenoxy) is 15. The molecule has 27 rings (SSSR count). The van der Waals surface area contributed by atoms with Gasteiger partial charge >= 0.3 is 0 Å². The molecule has 0 radical (unpaired) electrons. The van der Waals surface area contributed by atoms with Crippen LogP contribution in [0.15, 0.2) is 130 Å². The highest BCUT2D eigenvalue weighted by Crippen LogP contribution is 2.41. The van der Waals surface area contributed by atoms with Gasteiger partial charge in [0.15, 0.2) is 44.0 Å². The molecule has 24 heterocycles. The number of nitrogens with one attached hydrogen (secondary N) is 6. The summed E-state index contributed by atoms with van der Waals surface area (Å²) in [7, 11) is -4.68. The van der Waals surface area contributed by atoms with Crippen molar-refractivity contribution in [3.8, 4) is 28.3 Å². The van der Waals surface area contributed by atoms with Gasteiger partial charge in [0.2, 0.25) is 11.8 Å². The molecule has 3 aromatic carbocycles. The lowest BCUT2D eigenvalue weighted by atomic mass is 9.86. The molecule has 54 heteroatoms. The van der Waals surface area contributed by atoms with E-state index in [-0.39, 0.29) is 60.5 Å². The minimum absolute atomic E-state index is 0.00312. The molecule has 5 aromatic rings. The van der Waals surface area contributed by atoms with Crippen LogP contribution >= 0.6 is 0 Å². The number of hydroxylamine groups is 1. The highest BCUT2D eigenvalue weighted by atomic mass is 32.2. The Hall–Kier alpha value is -8.62. The predicted octanol–water partition coefficient (Wildman–Crippen LogP) is -8.19. The monoisotopic (exact) mass is 2080 g/mol. The molecule has 27 N–H and O–H groups in total. The number of unbranched alkanes of at least 4 members (excludes halogenated alkanes) is 3. The molecule has 22 aliphatic rings. The van der Waals surface area contributed by atoms with Crippen molar-refractivity contribution in [3.05, 3.63) is 127 Å². The summed E-state index contributed by atoms with van der Waals surface area (Å²) in [6.07, 6.45) is -70.0. The van der Waals surface area contributed by atoms with Gasteiger partial charge < -0.3 is 184 Å². The van der Waals surface area contributed by atoms with Crippen LogP contribution < -0.4 is 37.2 Å². The largest absolute Gasteiger partial charge is 0.478 e. The first-order valence-corrected chi connectivity index (χ1v) is 48.8. The van der Waals surface area contributed by atoms with Gasteiger partial charge in [-0.25, -0.2) is 21.0 Å². The Labute approximate surface area is 829 Å². The van der Waals surface area contributed by atoms with E-state index in [4.69, 9.17) is 80.9 Å². The number of amides is 3. The number of carbonyl (C=O) groups is 3. The molecule has 145 heavy (non-hydrogen) atoms. The molecule has 0 spiro atoms. The SMILES string of the molecule is CC(C)(CCCCOc1cc(-c2ccccc2)cc(-c2ccccc2)n1)C1=NNN(CCCCC(=O)NCCCCC(NC(=O)c2ccc(N/N=C/c3ccccc3S(=O)(=O)O)nc2)C(=O)NO[C@@H]2[C@@H](O)[C@H]3O[C@H]4[C@H](O)[C@@H](O)[C@@H](O[C@H]5[C@H](O)[C@@H](O)[C@@H](O[C@H]6[C@H](O)[C@@H](O)[C@@H](O[C@H]7[C@H](O)[C@@H](O)[C@@H](O[C@H]8[C@H](O)[C@@H](O)[C@@H](O[C@H]9[C@H](O)[C@@H](O)[C@@H](O[C@@H]2[C@@H](CO)O3)O[C@@H]9CO)O[C@@H]8CO)O[C@@H]7CO)O[C@@H]6CO)O[C@@H]5CO)O[C@@H]4CO)N1. The lowest BCUT2D eigenvalue weighted by Gasteiger charge is -2.50. The Kier molecular flexibility index (Phi) is 39.6.